The molecule has 218 valence electrons. The first-order chi connectivity index (χ1) is 19.2. The van der Waals surface area contributed by atoms with Crippen LogP contribution in [0.25, 0.3) is 0 Å². The standard InChI is InChI=1S/C32H35Cl4N3OS/c1-8-31(4,5)19-11-13-26(21(15-19)32(6,7)9-2)41-28-29(37-25-14-18(3)10-12-22(25)34)38-39(30(28)40)27-23(35)16-20(33)17-24(27)36/h10-17,28H,8-9H2,1-7H3,(H,37,38). The summed E-state index contributed by atoms with van der Waals surface area (Å²) in [5.74, 6) is 0.190. The Morgan fingerprint density at radius 2 is 1.51 bits per heavy atom. The van der Waals surface area contributed by atoms with Crippen LogP contribution < -0.4 is 10.4 Å². The van der Waals surface area contributed by atoms with Gasteiger partial charge in [-0.1, -0.05) is 106 Å². The van der Waals surface area contributed by atoms with Crippen LogP contribution in [0.3, 0.4) is 0 Å². The number of carbonyl (C=O) groups excluding carboxylic acids is 1. The van der Waals surface area contributed by atoms with Crippen molar-refractivity contribution in [3.8, 4) is 0 Å². The van der Waals surface area contributed by atoms with E-state index in [1.54, 1.807) is 18.2 Å². The summed E-state index contributed by atoms with van der Waals surface area (Å²) >= 11 is 27.2. The van der Waals surface area contributed by atoms with E-state index in [1.165, 1.54) is 27.9 Å². The number of hydrogen-bond acceptors (Lipinski definition) is 3. The van der Waals surface area contributed by atoms with E-state index in [4.69, 9.17) is 51.4 Å². The van der Waals surface area contributed by atoms with Crippen molar-refractivity contribution in [1.82, 2.24) is 5.43 Å². The van der Waals surface area contributed by atoms with Gasteiger partial charge in [0.25, 0.3) is 5.91 Å². The lowest BCUT2D eigenvalue weighted by atomic mass is 9.76. The fourth-order valence-electron chi connectivity index (χ4n) is 4.51. The molecule has 1 amide bonds. The summed E-state index contributed by atoms with van der Waals surface area (Å²) in [6.45, 7) is 15.4. The molecule has 0 saturated carbocycles. The second-order valence-electron chi connectivity index (χ2n) is 11.6. The maximum absolute atomic E-state index is 14.1. The third kappa shape index (κ3) is 6.70. The van der Waals surface area contributed by atoms with Crippen LogP contribution >= 0.6 is 58.2 Å². The van der Waals surface area contributed by atoms with Crippen molar-refractivity contribution in [2.75, 3.05) is 5.01 Å². The van der Waals surface area contributed by atoms with Crippen LogP contribution in [0.2, 0.25) is 20.1 Å². The Morgan fingerprint density at radius 1 is 0.878 bits per heavy atom. The SMILES string of the molecule is CCC(C)(C)c1ccc(SC2C(=O)N(c3c(Cl)cc(Cl)cc3Cl)NC2=Nc2cc(C)ccc2Cl)c(C(C)(C)CC)c1. The molecule has 1 atom stereocenters. The van der Waals surface area contributed by atoms with Gasteiger partial charge in [-0.3, -0.25) is 10.2 Å². The van der Waals surface area contributed by atoms with Crippen LogP contribution in [-0.4, -0.2) is 17.0 Å². The molecule has 41 heavy (non-hydrogen) atoms. The predicted molar refractivity (Wildman–Crippen MR) is 178 cm³/mol. The summed E-state index contributed by atoms with van der Waals surface area (Å²) < 4.78 is 0. The van der Waals surface area contributed by atoms with E-state index in [9.17, 15) is 4.79 Å². The second kappa shape index (κ2) is 12.4. The molecule has 4 rings (SSSR count). The molecule has 0 spiro atoms. The summed E-state index contributed by atoms with van der Waals surface area (Å²) in [5.41, 5.74) is 7.47. The molecule has 4 nitrogen and oxygen atoms in total. The predicted octanol–water partition coefficient (Wildman–Crippen LogP) is 10.7. The van der Waals surface area contributed by atoms with Crippen molar-refractivity contribution >= 4 is 81.3 Å². The zero-order valence-corrected chi connectivity index (χ0v) is 28.2. The van der Waals surface area contributed by atoms with Crippen molar-refractivity contribution in [3.05, 3.63) is 85.3 Å². The van der Waals surface area contributed by atoms with Crippen LogP contribution in [-0.2, 0) is 15.6 Å². The number of hydrazine groups is 1. The maximum atomic E-state index is 14.1. The zero-order valence-electron chi connectivity index (χ0n) is 24.3. The highest BCUT2D eigenvalue weighted by molar-refractivity contribution is 8.01. The third-order valence-electron chi connectivity index (χ3n) is 7.97. The largest absolute Gasteiger partial charge is 0.276 e. The van der Waals surface area contributed by atoms with Gasteiger partial charge < -0.3 is 0 Å². The average Bonchev–Trinajstić information content (AvgIpc) is 3.19. The Morgan fingerprint density at radius 3 is 2.12 bits per heavy atom. The molecule has 1 unspecified atom stereocenters. The first kappa shape index (κ1) is 32.0. The fourth-order valence-corrected chi connectivity index (χ4v) is 6.94. The molecule has 0 aromatic heterocycles. The quantitative estimate of drug-likeness (QED) is 0.264. The number of aryl methyl sites for hydroxylation is 1. The van der Waals surface area contributed by atoms with E-state index in [0.29, 0.717) is 27.3 Å². The minimum Gasteiger partial charge on any atom is -0.276 e. The molecular weight excluding hydrogens is 616 g/mol. The van der Waals surface area contributed by atoms with Gasteiger partial charge >= 0.3 is 0 Å². The van der Waals surface area contributed by atoms with Crippen LogP contribution in [0.15, 0.2) is 58.4 Å². The number of nitrogens with zero attached hydrogens (tertiary/aromatic N) is 2. The van der Waals surface area contributed by atoms with Gasteiger partial charge in [0, 0.05) is 9.92 Å². The number of amides is 1. The van der Waals surface area contributed by atoms with Crippen molar-refractivity contribution in [2.24, 2.45) is 4.99 Å². The van der Waals surface area contributed by atoms with Crippen LogP contribution in [0.1, 0.15) is 71.1 Å². The van der Waals surface area contributed by atoms with E-state index in [-0.39, 0.29) is 26.8 Å². The average molecular weight is 652 g/mol. The second-order valence-corrected chi connectivity index (χ2v) is 14.4. The zero-order chi connectivity index (χ0) is 30.3. The van der Waals surface area contributed by atoms with Crippen molar-refractivity contribution in [1.29, 1.82) is 0 Å². The van der Waals surface area contributed by atoms with Crippen molar-refractivity contribution in [2.45, 2.75) is 82.3 Å². The van der Waals surface area contributed by atoms with Gasteiger partial charge in [-0.2, -0.15) is 0 Å². The molecule has 3 aromatic carbocycles. The molecule has 3 aromatic rings. The molecule has 0 bridgehead atoms. The van der Waals surface area contributed by atoms with E-state index in [2.05, 4.69) is 65.2 Å². The van der Waals surface area contributed by atoms with E-state index in [1.807, 2.05) is 19.1 Å². The first-order valence-electron chi connectivity index (χ1n) is 13.6. The minimum absolute atomic E-state index is 0.0277. The Kier molecular flexibility index (Phi) is 9.67. The number of carbonyl (C=O) groups is 1. The third-order valence-corrected chi connectivity index (χ3v) is 10.4. The lowest BCUT2D eigenvalue weighted by Crippen LogP contribution is -2.36. The Balaban J connectivity index is 1.86. The Bertz CT molecular complexity index is 1500. The highest BCUT2D eigenvalue weighted by Crippen LogP contribution is 2.44. The molecule has 1 aliphatic rings. The number of rotatable bonds is 8. The highest BCUT2D eigenvalue weighted by Gasteiger charge is 2.42. The maximum Gasteiger partial charge on any atom is 0.267 e. The monoisotopic (exact) mass is 649 g/mol. The number of anilines is 1. The number of aliphatic imine (C=N–C) groups is 1. The number of halogens is 4. The van der Waals surface area contributed by atoms with Gasteiger partial charge in [-0.05, 0) is 77.6 Å². The highest BCUT2D eigenvalue weighted by atomic mass is 35.5. The number of thioether (sulfide) groups is 1. The first-order valence-corrected chi connectivity index (χ1v) is 16.0. The minimum atomic E-state index is -0.703. The molecule has 1 N–H and O–H groups in total. The number of amidine groups is 1. The topological polar surface area (TPSA) is 44.7 Å². The smallest absolute Gasteiger partial charge is 0.267 e. The molecule has 9 heteroatoms. The van der Waals surface area contributed by atoms with Gasteiger partial charge in [-0.25, -0.2) is 10.0 Å². The summed E-state index contributed by atoms with van der Waals surface area (Å²) in [6.07, 6.45) is 1.96. The normalized spacial score (nSPS) is 17.0. The summed E-state index contributed by atoms with van der Waals surface area (Å²) in [7, 11) is 0. The van der Waals surface area contributed by atoms with Crippen molar-refractivity contribution in [3.63, 3.8) is 0 Å². The summed E-state index contributed by atoms with van der Waals surface area (Å²) in [4.78, 5) is 20.0. The molecular formula is C32H35Cl4N3OS. The van der Waals surface area contributed by atoms with E-state index < -0.39 is 5.25 Å². The summed E-state index contributed by atoms with van der Waals surface area (Å²) in [6, 6.07) is 15.3. The van der Waals surface area contributed by atoms with Gasteiger partial charge in [0.2, 0.25) is 0 Å². The fraction of sp³-hybridized carbons (Fsp3) is 0.375. The lowest BCUT2D eigenvalue weighted by Gasteiger charge is -2.31. The molecule has 1 aliphatic heterocycles. The van der Waals surface area contributed by atoms with Gasteiger partial charge in [0.1, 0.15) is 16.8 Å². The van der Waals surface area contributed by atoms with E-state index >= 15 is 0 Å². The molecule has 1 heterocycles. The van der Waals surface area contributed by atoms with Crippen LogP contribution in [0.4, 0.5) is 11.4 Å². The van der Waals surface area contributed by atoms with E-state index in [0.717, 1.165) is 23.3 Å². The van der Waals surface area contributed by atoms with Crippen LogP contribution in [0.5, 0.6) is 0 Å². The Labute approximate surface area is 267 Å². The number of nitrogens with one attached hydrogen (secondary N) is 1. The van der Waals surface area contributed by atoms with Gasteiger partial charge in [-0.15, -0.1) is 11.8 Å². The molecule has 1 fully saturated rings. The van der Waals surface area contributed by atoms with Gasteiger partial charge in [0.05, 0.1) is 20.8 Å². The molecule has 0 aliphatic carbocycles. The number of benzene rings is 3. The van der Waals surface area contributed by atoms with Gasteiger partial charge in [0.15, 0.2) is 0 Å². The summed E-state index contributed by atoms with van der Waals surface area (Å²) in [5, 5.41) is 2.03. The Hall–Kier alpha value is -1.89. The number of hydrogen-bond donors (Lipinski definition) is 1. The molecule has 0 radical (unpaired) electrons. The van der Waals surface area contributed by atoms with Crippen molar-refractivity contribution < 1.29 is 4.79 Å². The molecule has 1 saturated heterocycles. The van der Waals surface area contributed by atoms with Crippen LogP contribution in [0, 0.1) is 6.92 Å². The lowest BCUT2D eigenvalue weighted by molar-refractivity contribution is -0.116.